The van der Waals surface area contributed by atoms with Crippen molar-refractivity contribution in [1.82, 2.24) is 5.32 Å². The van der Waals surface area contributed by atoms with E-state index in [1.54, 1.807) is 6.07 Å². The van der Waals surface area contributed by atoms with Gasteiger partial charge in [-0.05, 0) is 18.9 Å². The third-order valence-electron chi connectivity index (χ3n) is 3.03. The van der Waals surface area contributed by atoms with Crippen LogP contribution in [0.15, 0.2) is 16.7 Å². The second-order valence-electron chi connectivity index (χ2n) is 4.12. The van der Waals surface area contributed by atoms with Crippen LogP contribution in [-0.2, 0) is 6.54 Å². The zero-order valence-corrected chi connectivity index (χ0v) is 10.2. The van der Waals surface area contributed by atoms with Gasteiger partial charge in [0.2, 0.25) is 5.76 Å². The minimum Gasteiger partial charge on any atom is -0.475 e. The highest BCUT2D eigenvalue weighted by Gasteiger charge is 2.22. The molecule has 5 heteroatoms. The van der Waals surface area contributed by atoms with Crippen LogP contribution >= 0.6 is 0 Å². The van der Waals surface area contributed by atoms with E-state index in [2.05, 4.69) is 5.32 Å². The minimum atomic E-state index is -1.08. The summed E-state index contributed by atoms with van der Waals surface area (Å²) in [5.74, 6) is -1.12. The van der Waals surface area contributed by atoms with Crippen molar-refractivity contribution in [2.75, 3.05) is 6.54 Å². The first-order chi connectivity index (χ1) is 8.02. The zero-order chi connectivity index (χ0) is 12.9. The summed E-state index contributed by atoms with van der Waals surface area (Å²) >= 11 is 0. The summed E-state index contributed by atoms with van der Waals surface area (Å²) in [6, 6.07) is 1.62. The lowest BCUT2D eigenvalue weighted by Crippen LogP contribution is -2.39. The lowest BCUT2D eigenvalue weighted by molar-refractivity contribution is 0.0322. The lowest BCUT2D eigenvalue weighted by atomic mass is 9.97. The molecule has 0 amide bonds. The van der Waals surface area contributed by atoms with Gasteiger partial charge in [-0.15, -0.1) is 0 Å². The summed E-state index contributed by atoms with van der Waals surface area (Å²) in [5, 5.41) is 21.9. The fourth-order valence-electron chi connectivity index (χ4n) is 1.59. The molecule has 0 aromatic carbocycles. The van der Waals surface area contributed by atoms with E-state index in [4.69, 9.17) is 9.52 Å². The average Bonchev–Trinajstić information content (AvgIpc) is 2.77. The van der Waals surface area contributed by atoms with Gasteiger partial charge in [-0.25, -0.2) is 4.79 Å². The molecule has 0 bridgehead atoms. The van der Waals surface area contributed by atoms with Crippen LogP contribution in [0.25, 0.3) is 0 Å². The Kier molecular flexibility index (Phi) is 4.72. The number of carbonyl (C=O) groups is 1. The van der Waals surface area contributed by atoms with Crippen LogP contribution in [-0.4, -0.2) is 28.3 Å². The number of aliphatic hydroxyl groups is 1. The molecule has 0 aliphatic carbocycles. The molecule has 1 heterocycles. The molecule has 0 fully saturated rings. The molecule has 1 aromatic heterocycles. The molecule has 0 aliphatic rings. The summed E-state index contributed by atoms with van der Waals surface area (Å²) in [6.07, 6.45) is 2.67. The van der Waals surface area contributed by atoms with E-state index in [1.165, 1.54) is 6.26 Å². The summed E-state index contributed by atoms with van der Waals surface area (Å²) in [5.41, 5.74) is -0.139. The molecule has 1 aromatic rings. The molecule has 96 valence electrons. The van der Waals surface area contributed by atoms with Gasteiger partial charge in [-0.1, -0.05) is 13.8 Å². The van der Waals surface area contributed by atoms with Gasteiger partial charge in [0, 0.05) is 18.7 Å². The van der Waals surface area contributed by atoms with Crippen molar-refractivity contribution < 1.29 is 19.4 Å². The van der Waals surface area contributed by atoms with Crippen LogP contribution in [0, 0.1) is 0 Å². The number of carboxylic acid groups (broad SMARTS) is 1. The number of furan rings is 1. The standard InChI is InChI=1S/C12H19NO4/c1-3-12(16,4-2)8-13-7-9-5-6-17-10(9)11(14)15/h5-6,13,16H,3-4,7-8H2,1-2H3,(H,14,15). The Hall–Kier alpha value is -1.33. The van der Waals surface area contributed by atoms with Crippen LogP contribution in [0.2, 0.25) is 0 Å². The fraction of sp³-hybridized carbons (Fsp3) is 0.583. The van der Waals surface area contributed by atoms with Crippen molar-refractivity contribution in [2.45, 2.75) is 38.8 Å². The number of hydrogen-bond acceptors (Lipinski definition) is 4. The van der Waals surface area contributed by atoms with E-state index in [-0.39, 0.29) is 5.76 Å². The first-order valence-corrected chi connectivity index (χ1v) is 5.75. The van der Waals surface area contributed by atoms with E-state index in [0.29, 0.717) is 31.5 Å². The second kappa shape index (κ2) is 5.84. The van der Waals surface area contributed by atoms with Gasteiger partial charge < -0.3 is 19.9 Å². The largest absolute Gasteiger partial charge is 0.475 e. The summed E-state index contributed by atoms with van der Waals surface area (Å²) < 4.78 is 4.86. The van der Waals surface area contributed by atoms with Gasteiger partial charge in [0.25, 0.3) is 0 Å². The monoisotopic (exact) mass is 241 g/mol. The van der Waals surface area contributed by atoms with E-state index in [0.717, 1.165) is 0 Å². The predicted molar refractivity (Wildman–Crippen MR) is 62.9 cm³/mol. The molecule has 0 aliphatic heterocycles. The lowest BCUT2D eigenvalue weighted by Gasteiger charge is -2.25. The molecule has 0 spiro atoms. The fourth-order valence-corrected chi connectivity index (χ4v) is 1.59. The minimum absolute atomic E-state index is 0.0472. The molecule has 0 unspecified atom stereocenters. The molecular weight excluding hydrogens is 222 g/mol. The zero-order valence-electron chi connectivity index (χ0n) is 10.2. The smallest absolute Gasteiger partial charge is 0.372 e. The maximum atomic E-state index is 10.8. The van der Waals surface area contributed by atoms with Gasteiger partial charge >= 0.3 is 5.97 Å². The predicted octanol–water partition coefficient (Wildman–Crippen LogP) is 1.62. The molecule has 17 heavy (non-hydrogen) atoms. The Balaban J connectivity index is 2.51. The third-order valence-corrected chi connectivity index (χ3v) is 3.03. The van der Waals surface area contributed by atoms with Gasteiger partial charge in [-0.3, -0.25) is 0 Å². The number of nitrogens with one attached hydrogen (secondary N) is 1. The SMILES string of the molecule is CCC(O)(CC)CNCc1ccoc1C(=O)O. The topological polar surface area (TPSA) is 82.7 Å². The van der Waals surface area contributed by atoms with E-state index in [9.17, 15) is 9.90 Å². The first kappa shape index (κ1) is 13.7. The second-order valence-corrected chi connectivity index (χ2v) is 4.12. The molecule has 1 rings (SSSR count). The van der Waals surface area contributed by atoms with Crippen LogP contribution < -0.4 is 5.32 Å². The number of hydrogen-bond donors (Lipinski definition) is 3. The molecule has 0 atom stereocenters. The van der Waals surface area contributed by atoms with E-state index in [1.807, 2.05) is 13.8 Å². The quantitative estimate of drug-likeness (QED) is 0.675. The number of carboxylic acids is 1. The summed E-state index contributed by atoms with van der Waals surface area (Å²) in [6.45, 7) is 4.65. The van der Waals surface area contributed by atoms with Crippen LogP contribution in [0.5, 0.6) is 0 Å². The number of aromatic carboxylic acids is 1. The van der Waals surface area contributed by atoms with Crippen molar-refractivity contribution in [2.24, 2.45) is 0 Å². The third kappa shape index (κ3) is 3.57. The summed E-state index contributed by atoms with van der Waals surface area (Å²) in [4.78, 5) is 10.8. The highest BCUT2D eigenvalue weighted by atomic mass is 16.4. The number of rotatable bonds is 7. The van der Waals surface area contributed by atoms with Gasteiger partial charge in [0.1, 0.15) is 0 Å². The highest BCUT2D eigenvalue weighted by molar-refractivity contribution is 5.86. The molecule has 0 radical (unpaired) electrons. The van der Waals surface area contributed by atoms with Gasteiger partial charge in [0.05, 0.1) is 11.9 Å². The van der Waals surface area contributed by atoms with Crippen molar-refractivity contribution in [3.63, 3.8) is 0 Å². The first-order valence-electron chi connectivity index (χ1n) is 5.75. The molecule has 0 saturated heterocycles. The van der Waals surface area contributed by atoms with Crippen molar-refractivity contribution in [1.29, 1.82) is 0 Å². The highest BCUT2D eigenvalue weighted by Crippen LogP contribution is 2.14. The van der Waals surface area contributed by atoms with Crippen molar-refractivity contribution >= 4 is 5.97 Å². The van der Waals surface area contributed by atoms with Crippen LogP contribution in [0.1, 0.15) is 42.8 Å². The van der Waals surface area contributed by atoms with Crippen LogP contribution in [0.4, 0.5) is 0 Å². The maximum Gasteiger partial charge on any atom is 0.372 e. The molecule has 3 N–H and O–H groups in total. The van der Waals surface area contributed by atoms with Crippen molar-refractivity contribution in [3.8, 4) is 0 Å². The maximum absolute atomic E-state index is 10.8. The normalized spacial score (nSPS) is 11.7. The molecular formula is C12H19NO4. The van der Waals surface area contributed by atoms with Gasteiger partial charge in [0.15, 0.2) is 0 Å². The van der Waals surface area contributed by atoms with E-state index >= 15 is 0 Å². The molecule has 0 saturated carbocycles. The van der Waals surface area contributed by atoms with Gasteiger partial charge in [-0.2, -0.15) is 0 Å². The Morgan fingerprint density at radius 1 is 1.47 bits per heavy atom. The summed E-state index contributed by atoms with van der Waals surface area (Å²) in [7, 11) is 0. The van der Waals surface area contributed by atoms with E-state index < -0.39 is 11.6 Å². The molecule has 5 nitrogen and oxygen atoms in total. The average molecular weight is 241 g/mol. The Labute approximate surface area is 100 Å². The Bertz CT molecular complexity index is 368. The Morgan fingerprint density at radius 2 is 2.12 bits per heavy atom. The Morgan fingerprint density at radius 3 is 2.65 bits per heavy atom. The van der Waals surface area contributed by atoms with Crippen molar-refractivity contribution in [3.05, 3.63) is 23.7 Å². The van der Waals surface area contributed by atoms with Crippen LogP contribution in [0.3, 0.4) is 0 Å².